The maximum atomic E-state index is 13.8. The Morgan fingerprint density at radius 3 is 1.51 bits per heavy atom. The summed E-state index contributed by atoms with van der Waals surface area (Å²) in [6.45, 7) is 0. The van der Waals surface area contributed by atoms with Crippen LogP contribution in [0, 0.1) is 0 Å². The third kappa shape index (κ3) is 5.50. The van der Waals surface area contributed by atoms with E-state index >= 15 is 0 Å². The molecule has 0 amide bonds. The van der Waals surface area contributed by atoms with Crippen molar-refractivity contribution in [3.8, 4) is 34.1 Å². The minimum absolute atomic E-state index is 0.163. The maximum absolute atomic E-state index is 13.8. The molecule has 0 aromatic heterocycles. The van der Waals surface area contributed by atoms with Crippen LogP contribution in [-0.4, -0.2) is 0 Å². The molecule has 0 heterocycles. The topological polar surface area (TPSA) is 96.5 Å². The summed E-state index contributed by atoms with van der Waals surface area (Å²) in [4.78, 5) is 0. The first-order valence-corrected chi connectivity index (χ1v) is 10.6. The van der Waals surface area contributed by atoms with E-state index in [1.165, 1.54) is 24.3 Å². The quantitative estimate of drug-likeness (QED) is 0.185. The van der Waals surface area contributed by atoms with Crippen LogP contribution < -0.4 is 26.7 Å². The minimum atomic E-state index is -4.85. The molecule has 0 atom stereocenters. The van der Waals surface area contributed by atoms with Gasteiger partial charge >= 0.3 is 12.4 Å². The molecule has 0 aliphatic heterocycles. The van der Waals surface area contributed by atoms with Crippen molar-refractivity contribution in [1.29, 1.82) is 0 Å². The summed E-state index contributed by atoms with van der Waals surface area (Å²) in [7, 11) is 0. The SMILES string of the molecule is Nc1ccc(Oc2c(N)ccc(-c3ccccc3)c2Oc2ccc(N)cc2C(F)(F)F)c(C(F)(F)F)c1. The number of anilines is 3. The van der Waals surface area contributed by atoms with Crippen molar-refractivity contribution in [1.82, 2.24) is 0 Å². The number of hydrogen-bond acceptors (Lipinski definition) is 5. The first-order valence-electron chi connectivity index (χ1n) is 10.6. The van der Waals surface area contributed by atoms with E-state index in [4.69, 9.17) is 26.7 Å². The summed E-state index contributed by atoms with van der Waals surface area (Å²) in [5.74, 6) is -2.06. The van der Waals surface area contributed by atoms with Gasteiger partial charge in [-0.3, -0.25) is 0 Å². The highest BCUT2D eigenvalue weighted by molar-refractivity contribution is 5.80. The van der Waals surface area contributed by atoms with E-state index < -0.39 is 40.7 Å². The van der Waals surface area contributed by atoms with Crippen LogP contribution in [-0.2, 0) is 12.4 Å². The van der Waals surface area contributed by atoms with Gasteiger partial charge in [0, 0.05) is 16.9 Å². The summed E-state index contributed by atoms with van der Waals surface area (Å²) < 4.78 is 93.8. The zero-order valence-electron chi connectivity index (χ0n) is 18.8. The van der Waals surface area contributed by atoms with Gasteiger partial charge in [-0.25, -0.2) is 0 Å². The van der Waals surface area contributed by atoms with Crippen LogP contribution in [0.4, 0.5) is 43.4 Å². The fourth-order valence-corrected chi connectivity index (χ4v) is 3.57. The second-order valence-corrected chi connectivity index (χ2v) is 7.94. The van der Waals surface area contributed by atoms with Gasteiger partial charge in [-0.05, 0) is 54.1 Å². The van der Waals surface area contributed by atoms with Crippen LogP contribution >= 0.6 is 0 Å². The molecule has 0 spiro atoms. The Bertz CT molecular complexity index is 1440. The molecule has 11 heteroatoms. The smallest absolute Gasteiger partial charge is 0.420 e. The standard InChI is InChI=1S/C26H19F6N3O2/c27-25(28,29)18-12-15(33)6-10-21(18)36-23-17(14-4-2-1-3-5-14)8-9-20(35)24(23)37-22-11-7-16(34)13-19(22)26(30,31)32/h1-13H,33-35H2. The molecule has 0 saturated heterocycles. The molecule has 4 aromatic rings. The molecule has 4 aromatic carbocycles. The number of nitrogens with two attached hydrogens (primary N) is 3. The number of nitrogen functional groups attached to an aromatic ring is 3. The summed E-state index contributed by atoms with van der Waals surface area (Å²) in [6.07, 6.45) is -9.70. The minimum Gasteiger partial charge on any atom is -0.452 e. The second kappa shape index (κ2) is 9.49. The third-order valence-electron chi connectivity index (χ3n) is 5.27. The van der Waals surface area contributed by atoms with Crippen molar-refractivity contribution in [2.75, 3.05) is 17.2 Å². The zero-order chi connectivity index (χ0) is 27.0. The lowest BCUT2D eigenvalue weighted by atomic mass is 10.0. The molecule has 0 aliphatic carbocycles. The third-order valence-corrected chi connectivity index (χ3v) is 5.27. The first-order chi connectivity index (χ1) is 17.3. The van der Waals surface area contributed by atoms with Gasteiger partial charge in [0.15, 0.2) is 11.5 Å². The van der Waals surface area contributed by atoms with Gasteiger partial charge < -0.3 is 26.7 Å². The zero-order valence-corrected chi connectivity index (χ0v) is 18.8. The van der Waals surface area contributed by atoms with Crippen molar-refractivity contribution in [2.24, 2.45) is 0 Å². The van der Waals surface area contributed by atoms with Crippen LogP contribution in [0.1, 0.15) is 11.1 Å². The van der Waals surface area contributed by atoms with Crippen molar-refractivity contribution in [2.45, 2.75) is 12.4 Å². The monoisotopic (exact) mass is 519 g/mol. The number of ether oxygens (including phenoxy) is 2. The van der Waals surface area contributed by atoms with Crippen LogP contribution in [0.5, 0.6) is 23.0 Å². The number of halogens is 6. The first kappa shape index (κ1) is 25.5. The molecule has 0 fully saturated rings. The molecule has 37 heavy (non-hydrogen) atoms. The lowest BCUT2D eigenvalue weighted by Gasteiger charge is -2.21. The van der Waals surface area contributed by atoms with Gasteiger partial charge in [0.2, 0.25) is 0 Å². The van der Waals surface area contributed by atoms with Gasteiger partial charge in [-0.2, -0.15) is 26.3 Å². The Morgan fingerprint density at radius 2 is 1.03 bits per heavy atom. The predicted molar refractivity (Wildman–Crippen MR) is 128 cm³/mol. The normalized spacial score (nSPS) is 11.8. The van der Waals surface area contributed by atoms with E-state index in [1.807, 2.05) is 0 Å². The Morgan fingerprint density at radius 1 is 0.541 bits per heavy atom. The number of alkyl halides is 6. The van der Waals surface area contributed by atoms with E-state index in [-0.39, 0.29) is 28.4 Å². The molecule has 0 radical (unpaired) electrons. The van der Waals surface area contributed by atoms with Crippen molar-refractivity contribution in [3.05, 3.63) is 90.0 Å². The summed E-state index contributed by atoms with van der Waals surface area (Å²) in [5.41, 5.74) is 14.9. The largest absolute Gasteiger partial charge is 0.452 e. The highest BCUT2D eigenvalue weighted by Gasteiger charge is 2.37. The van der Waals surface area contributed by atoms with Gasteiger partial charge in [0.05, 0.1) is 5.69 Å². The maximum Gasteiger partial charge on any atom is 0.420 e. The van der Waals surface area contributed by atoms with Crippen molar-refractivity contribution < 1.29 is 35.8 Å². The number of benzene rings is 4. The molecule has 192 valence electrons. The summed E-state index contributed by atoms with van der Waals surface area (Å²) >= 11 is 0. The molecule has 4 rings (SSSR count). The molecule has 0 unspecified atom stereocenters. The van der Waals surface area contributed by atoms with E-state index in [0.717, 1.165) is 12.1 Å². The Balaban J connectivity index is 1.95. The van der Waals surface area contributed by atoms with Crippen LogP contribution in [0.15, 0.2) is 78.9 Å². The lowest BCUT2D eigenvalue weighted by molar-refractivity contribution is -0.139. The molecular formula is C26H19F6N3O2. The molecule has 0 saturated carbocycles. The van der Waals surface area contributed by atoms with Gasteiger partial charge in [-0.15, -0.1) is 0 Å². The number of rotatable bonds is 5. The van der Waals surface area contributed by atoms with E-state index in [2.05, 4.69) is 0 Å². The van der Waals surface area contributed by atoms with E-state index in [9.17, 15) is 26.3 Å². The van der Waals surface area contributed by atoms with Crippen molar-refractivity contribution >= 4 is 17.1 Å². The fourth-order valence-electron chi connectivity index (χ4n) is 3.57. The van der Waals surface area contributed by atoms with Gasteiger partial charge in [0.25, 0.3) is 0 Å². The Hall–Kier alpha value is -4.54. The van der Waals surface area contributed by atoms with Crippen molar-refractivity contribution in [3.63, 3.8) is 0 Å². The lowest BCUT2D eigenvalue weighted by Crippen LogP contribution is -2.10. The number of hydrogen-bond donors (Lipinski definition) is 3. The molecule has 5 nitrogen and oxygen atoms in total. The van der Waals surface area contributed by atoms with Crippen LogP contribution in [0.25, 0.3) is 11.1 Å². The summed E-state index contributed by atoms with van der Waals surface area (Å²) in [5, 5.41) is 0. The fraction of sp³-hybridized carbons (Fsp3) is 0.0769. The van der Waals surface area contributed by atoms with E-state index in [1.54, 1.807) is 30.3 Å². The Kier molecular flexibility index (Phi) is 6.55. The highest BCUT2D eigenvalue weighted by atomic mass is 19.4. The summed E-state index contributed by atoms with van der Waals surface area (Å²) in [6, 6.07) is 16.9. The molecular weight excluding hydrogens is 500 g/mol. The average Bonchev–Trinajstić information content (AvgIpc) is 2.82. The molecule has 0 bridgehead atoms. The van der Waals surface area contributed by atoms with Gasteiger partial charge in [0.1, 0.15) is 22.6 Å². The second-order valence-electron chi connectivity index (χ2n) is 7.94. The molecule has 6 N–H and O–H groups in total. The average molecular weight is 519 g/mol. The van der Waals surface area contributed by atoms with E-state index in [0.29, 0.717) is 17.7 Å². The van der Waals surface area contributed by atoms with Gasteiger partial charge in [-0.1, -0.05) is 30.3 Å². The predicted octanol–water partition coefficient (Wildman–Crippen LogP) is 7.72. The highest BCUT2D eigenvalue weighted by Crippen LogP contribution is 2.50. The molecule has 0 aliphatic rings. The van der Waals surface area contributed by atoms with Crippen LogP contribution in [0.3, 0.4) is 0 Å². The Labute approximate surface area is 207 Å². The van der Waals surface area contributed by atoms with Crippen LogP contribution in [0.2, 0.25) is 0 Å².